The number of rotatable bonds is 6. The average molecular weight is 266 g/mol. The molecular weight excluding hydrogens is 248 g/mol. The number of hydrogen-bond acceptors (Lipinski definition) is 0. The van der Waals surface area contributed by atoms with Crippen LogP contribution in [-0.4, -0.2) is 0 Å². The summed E-state index contributed by atoms with van der Waals surface area (Å²) in [5.74, 6) is 0. The summed E-state index contributed by atoms with van der Waals surface area (Å²) < 4.78 is 3.15. The molecule has 0 bridgehead atoms. The van der Waals surface area contributed by atoms with Crippen LogP contribution in [0.3, 0.4) is 0 Å². The van der Waals surface area contributed by atoms with Crippen LogP contribution in [0.1, 0.15) is 25.7 Å². The Morgan fingerprint density at radius 3 is 1.82 bits per heavy atom. The summed E-state index contributed by atoms with van der Waals surface area (Å²) in [5.41, 5.74) is 2.94. The molecule has 1 heteroatoms. The van der Waals surface area contributed by atoms with Crippen molar-refractivity contribution in [2.45, 2.75) is 25.7 Å². The van der Waals surface area contributed by atoms with Gasteiger partial charge in [0.15, 0.2) is 0 Å². The van der Waals surface area contributed by atoms with Crippen LogP contribution in [0.15, 0.2) is 69.7 Å². The molecule has 0 saturated carbocycles. The van der Waals surface area contributed by atoms with Gasteiger partial charge in [-0.3, -0.25) is 0 Å². The van der Waals surface area contributed by atoms with Crippen LogP contribution in [0.2, 0.25) is 0 Å². The Morgan fingerprint density at radius 1 is 0.941 bits per heavy atom. The molecule has 0 unspecified atom stereocenters. The minimum absolute atomic E-state index is 1.00. The molecule has 0 saturated heterocycles. The molecule has 0 nitrogen and oxygen atoms in total. The molecule has 0 amide bonds. The summed E-state index contributed by atoms with van der Waals surface area (Å²) >= 11 is 1.13. The molecule has 0 atom stereocenters. The Morgan fingerprint density at radius 2 is 1.41 bits per heavy atom. The van der Waals surface area contributed by atoms with E-state index in [-0.39, 0.29) is 0 Å². The molecule has 0 fully saturated rings. The average Bonchev–Trinajstić information content (AvgIpc) is 2.92. The summed E-state index contributed by atoms with van der Waals surface area (Å²) in [4.78, 5) is 0. The van der Waals surface area contributed by atoms with Crippen molar-refractivity contribution < 1.29 is 15.0 Å². The van der Waals surface area contributed by atoms with Crippen molar-refractivity contribution in [1.82, 2.24) is 0 Å². The molecular formula is C16H18Fe. The zero-order valence-electron chi connectivity index (χ0n) is 10.1. The van der Waals surface area contributed by atoms with E-state index >= 15 is 0 Å². The molecule has 0 aliphatic heterocycles. The van der Waals surface area contributed by atoms with Crippen LogP contribution in [-0.2, 0) is 15.0 Å². The van der Waals surface area contributed by atoms with Crippen LogP contribution < -0.4 is 0 Å². The van der Waals surface area contributed by atoms with E-state index < -0.39 is 0 Å². The van der Waals surface area contributed by atoms with Gasteiger partial charge in [0.25, 0.3) is 0 Å². The van der Waals surface area contributed by atoms with Crippen molar-refractivity contribution in [3.63, 3.8) is 0 Å². The van der Waals surface area contributed by atoms with Crippen LogP contribution in [0.25, 0.3) is 0 Å². The molecule has 0 aromatic carbocycles. The van der Waals surface area contributed by atoms with E-state index in [0.29, 0.717) is 0 Å². The quantitative estimate of drug-likeness (QED) is 0.485. The SMILES string of the molecule is C=CCC1=[C]([Fe][C]2=C(CC=C)C=CC2)CC=C1. The molecule has 0 heterocycles. The molecule has 17 heavy (non-hydrogen) atoms. The van der Waals surface area contributed by atoms with Gasteiger partial charge >= 0.3 is 110 Å². The fourth-order valence-electron chi connectivity index (χ4n) is 2.02. The second-order valence-corrected chi connectivity index (χ2v) is 5.73. The van der Waals surface area contributed by atoms with E-state index in [4.69, 9.17) is 0 Å². The van der Waals surface area contributed by atoms with Gasteiger partial charge in [0.05, 0.1) is 0 Å². The molecule has 2 aliphatic carbocycles. The zero-order chi connectivity index (χ0) is 12.1. The normalized spacial score (nSPS) is 18.6. The van der Waals surface area contributed by atoms with Gasteiger partial charge in [0, 0.05) is 0 Å². The van der Waals surface area contributed by atoms with Crippen LogP contribution in [0.5, 0.6) is 0 Å². The summed E-state index contributed by atoms with van der Waals surface area (Å²) in [6, 6.07) is 0. The molecule has 2 aliphatic rings. The number of allylic oxidation sites excluding steroid dienone is 10. The standard InChI is InChI=1S/2C8H9.Fe/c2*1-2-5-8-6-3-4-7-8;/h2*2-3,6H,1,4-5H2;. The Hall–Kier alpha value is -1.04. The molecule has 0 N–H and O–H groups in total. The van der Waals surface area contributed by atoms with Crippen molar-refractivity contribution in [2.24, 2.45) is 0 Å². The number of hydrogen-bond donors (Lipinski definition) is 0. The zero-order valence-corrected chi connectivity index (χ0v) is 11.2. The maximum absolute atomic E-state index is 3.83. The summed E-state index contributed by atoms with van der Waals surface area (Å²) in [6.45, 7) is 7.66. The molecule has 0 radical (unpaired) electrons. The second-order valence-electron chi connectivity index (χ2n) is 4.12. The van der Waals surface area contributed by atoms with E-state index in [2.05, 4.69) is 37.5 Å². The Bertz CT molecular complexity index is 402. The van der Waals surface area contributed by atoms with Crippen LogP contribution in [0.4, 0.5) is 0 Å². The van der Waals surface area contributed by atoms with E-state index in [1.165, 1.54) is 11.1 Å². The third-order valence-electron chi connectivity index (χ3n) is 2.85. The van der Waals surface area contributed by atoms with Crippen molar-refractivity contribution in [3.8, 4) is 0 Å². The van der Waals surface area contributed by atoms with Gasteiger partial charge in [-0.25, -0.2) is 0 Å². The Balaban J connectivity index is 2.11. The van der Waals surface area contributed by atoms with E-state index in [9.17, 15) is 0 Å². The second kappa shape index (κ2) is 6.05. The first-order valence-electron chi connectivity index (χ1n) is 5.96. The van der Waals surface area contributed by atoms with Gasteiger partial charge in [0.1, 0.15) is 0 Å². The van der Waals surface area contributed by atoms with Crippen molar-refractivity contribution in [1.29, 1.82) is 0 Å². The van der Waals surface area contributed by atoms with Crippen molar-refractivity contribution in [3.05, 3.63) is 69.7 Å². The van der Waals surface area contributed by atoms with Gasteiger partial charge in [-0.1, -0.05) is 0 Å². The summed E-state index contributed by atoms with van der Waals surface area (Å²) in [6.07, 6.45) is 17.3. The van der Waals surface area contributed by atoms with Crippen molar-refractivity contribution >= 4 is 0 Å². The summed E-state index contributed by atoms with van der Waals surface area (Å²) in [7, 11) is 0. The first-order chi connectivity index (χ1) is 8.35. The summed E-state index contributed by atoms with van der Waals surface area (Å²) in [5, 5.41) is 0. The van der Waals surface area contributed by atoms with Gasteiger partial charge in [-0.05, 0) is 0 Å². The molecule has 0 aromatic rings. The molecule has 0 aromatic heterocycles. The first kappa shape index (κ1) is 12.4. The molecule has 0 spiro atoms. The van der Waals surface area contributed by atoms with E-state index in [1.807, 2.05) is 12.2 Å². The third-order valence-corrected chi connectivity index (χ3v) is 4.67. The van der Waals surface area contributed by atoms with Crippen molar-refractivity contribution in [2.75, 3.05) is 0 Å². The maximum atomic E-state index is 3.83. The Labute approximate surface area is 110 Å². The van der Waals surface area contributed by atoms with Crippen LogP contribution in [0, 0.1) is 0 Å². The fourth-order valence-corrected chi connectivity index (χ4v) is 3.67. The molecule has 2 rings (SSSR count). The predicted molar refractivity (Wildman–Crippen MR) is 71.2 cm³/mol. The fraction of sp³-hybridized carbons (Fsp3) is 0.250. The molecule has 90 valence electrons. The topological polar surface area (TPSA) is 0 Å². The van der Waals surface area contributed by atoms with E-state index in [0.717, 1.165) is 40.6 Å². The monoisotopic (exact) mass is 266 g/mol. The van der Waals surface area contributed by atoms with Gasteiger partial charge in [-0.15, -0.1) is 0 Å². The third kappa shape index (κ3) is 3.00. The predicted octanol–water partition coefficient (Wildman–Crippen LogP) is 4.65. The van der Waals surface area contributed by atoms with E-state index in [1.54, 1.807) is 8.94 Å². The van der Waals surface area contributed by atoms with Gasteiger partial charge in [-0.2, -0.15) is 0 Å². The van der Waals surface area contributed by atoms with Crippen LogP contribution >= 0.6 is 0 Å². The first-order valence-corrected chi connectivity index (χ1v) is 7.07. The minimum atomic E-state index is 1.00. The Kier molecular flexibility index (Phi) is 4.42. The van der Waals surface area contributed by atoms with Gasteiger partial charge < -0.3 is 0 Å². The van der Waals surface area contributed by atoms with Gasteiger partial charge in [0.2, 0.25) is 0 Å².